The highest BCUT2D eigenvalue weighted by Crippen LogP contribution is 2.51. The van der Waals surface area contributed by atoms with Crippen molar-refractivity contribution in [1.82, 2.24) is 9.96 Å². The predicted molar refractivity (Wildman–Crippen MR) is 95.6 cm³/mol. The van der Waals surface area contributed by atoms with Crippen molar-refractivity contribution in [2.45, 2.75) is 37.4 Å². The number of hydrogen-bond donors (Lipinski definition) is 2. The van der Waals surface area contributed by atoms with Crippen LogP contribution in [0.15, 0.2) is 18.2 Å². The number of hydrogen-bond acceptors (Lipinski definition) is 5. The standard InChI is InChI=1S/C18H24N4O4/c1-18-7-9-19(2)16(18)20(3)13-5-4-11(10-12(13)18)22(17(24)25)14-6-8-21(26)15(14)23/h4-5,10,14,16,26H,6-9H2,1-3H3,(H,24,25)/t14-,16+,18-/m0/s1. The number of likely N-dealkylation sites (N-methyl/N-ethyl adjacent to an activating group) is 2. The summed E-state index contributed by atoms with van der Waals surface area (Å²) in [6.07, 6.45) is 0.332. The first-order valence-corrected chi connectivity index (χ1v) is 8.85. The van der Waals surface area contributed by atoms with Gasteiger partial charge in [-0.15, -0.1) is 0 Å². The van der Waals surface area contributed by atoms with Gasteiger partial charge in [-0.1, -0.05) is 6.92 Å². The molecule has 0 bridgehead atoms. The lowest BCUT2D eigenvalue weighted by molar-refractivity contribution is -0.158. The third-order valence-corrected chi connectivity index (χ3v) is 6.26. The van der Waals surface area contributed by atoms with Crippen molar-refractivity contribution in [3.63, 3.8) is 0 Å². The Balaban J connectivity index is 1.77. The van der Waals surface area contributed by atoms with Crippen LogP contribution < -0.4 is 9.80 Å². The summed E-state index contributed by atoms with van der Waals surface area (Å²) in [4.78, 5) is 29.7. The number of rotatable bonds is 2. The molecule has 26 heavy (non-hydrogen) atoms. The van der Waals surface area contributed by atoms with Crippen LogP contribution in [-0.2, 0) is 10.2 Å². The molecule has 1 aromatic rings. The van der Waals surface area contributed by atoms with Crippen LogP contribution in [0, 0.1) is 0 Å². The van der Waals surface area contributed by atoms with E-state index < -0.39 is 18.0 Å². The zero-order chi connectivity index (χ0) is 18.8. The average molecular weight is 360 g/mol. The summed E-state index contributed by atoms with van der Waals surface area (Å²) in [5.41, 5.74) is 2.61. The van der Waals surface area contributed by atoms with Gasteiger partial charge in [-0.3, -0.25) is 19.8 Å². The molecule has 3 atom stereocenters. The highest BCUT2D eigenvalue weighted by molar-refractivity contribution is 5.97. The minimum atomic E-state index is -1.19. The van der Waals surface area contributed by atoms with E-state index in [-0.39, 0.29) is 24.5 Å². The van der Waals surface area contributed by atoms with E-state index in [9.17, 15) is 19.9 Å². The van der Waals surface area contributed by atoms with Crippen LogP contribution in [0.4, 0.5) is 16.2 Å². The molecule has 3 aliphatic rings. The van der Waals surface area contributed by atoms with E-state index in [0.29, 0.717) is 10.8 Å². The first-order valence-electron chi connectivity index (χ1n) is 8.85. The molecule has 140 valence electrons. The fraction of sp³-hybridized carbons (Fsp3) is 0.556. The van der Waals surface area contributed by atoms with Gasteiger partial charge in [0.2, 0.25) is 0 Å². The van der Waals surface area contributed by atoms with E-state index in [4.69, 9.17) is 0 Å². The molecule has 2 fully saturated rings. The van der Waals surface area contributed by atoms with E-state index in [1.807, 2.05) is 12.1 Å². The van der Waals surface area contributed by atoms with Crippen LogP contribution in [0.2, 0.25) is 0 Å². The van der Waals surface area contributed by atoms with Crippen LogP contribution in [0.5, 0.6) is 0 Å². The second-order valence-electron chi connectivity index (χ2n) is 7.75. The van der Waals surface area contributed by atoms with Gasteiger partial charge in [-0.05, 0) is 43.7 Å². The number of benzene rings is 1. The van der Waals surface area contributed by atoms with Gasteiger partial charge in [0.25, 0.3) is 5.91 Å². The first kappa shape index (κ1) is 17.1. The summed E-state index contributed by atoms with van der Waals surface area (Å²) in [6, 6.07) is 4.71. The molecule has 8 heteroatoms. The third kappa shape index (κ3) is 2.15. The van der Waals surface area contributed by atoms with Crippen LogP contribution in [0.3, 0.4) is 0 Å². The second kappa shape index (κ2) is 5.59. The number of carboxylic acid groups (broad SMARTS) is 1. The number of amides is 2. The lowest BCUT2D eigenvalue weighted by atomic mass is 9.81. The SMILES string of the molecule is CN1CC[C@@]2(C)c3cc(N(C(=O)O)[C@H]4CCN(O)C4=O)ccc3N(C)[C@@H]12. The van der Waals surface area contributed by atoms with Crippen molar-refractivity contribution < 1.29 is 19.9 Å². The molecular formula is C18H24N4O4. The number of hydroxylamine groups is 2. The van der Waals surface area contributed by atoms with E-state index in [1.165, 1.54) is 0 Å². The smallest absolute Gasteiger partial charge is 0.412 e. The van der Waals surface area contributed by atoms with Gasteiger partial charge in [0.1, 0.15) is 6.04 Å². The Morgan fingerprint density at radius 2 is 2.04 bits per heavy atom. The Hall–Kier alpha value is -2.32. The molecule has 2 saturated heterocycles. The Bertz CT molecular complexity index is 784. The predicted octanol–water partition coefficient (Wildman–Crippen LogP) is 1.53. The number of fused-ring (bicyclic) bond motifs is 3. The zero-order valence-electron chi connectivity index (χ0n) is 15.2. The monoisotopic (exact) mass is 360 g/mol. The summed E-state index contributed by atoms with van der Waals surface area (Å²) in [5, 5.41) is 19.9. The molecule has 2 N–H and O–H groups in total. The van der Waals surface area contributed by atoms with E-state index in [0.717, 1.165) is 29.1 Å². The van der Waals surface area contributed by atoms with Crippen molar-refractivity contribution >= 4 is 23.4 Å². The van der Waals surface area contributed by atoms with Crippen molar-refractivity contribution in [2.24, 2.45) is 0 Å². The molecule has 4 rings (SSSR count). The van der Waals surface area contributed by atoms with Gasteiger partial charge < -0.3 is 10.0 Å². The van der Waals surface area contributed by atoms with Gasteiger partial charge in [-0.2, -0.15) is 0 Å². The molecule has 2 amide bonds. The lowest BCUT2D eigenvalue weighted by Gasteiger charge is -2.32. The number of nitrogens with zero attached hydrogens (tertiary/aromatic N) is 4. The fourth-order valence-electron chi connectivity index (χ4n) is 5.03. The number of carbonyl (C=O) groups is 2. The van der Waals surface area contributed by atoms with Gasteiger partial charge in [0.05, 0.1) is 12.7 Å². The van der Waals surface area contributed by atoms with Crippen molar-refractivity contribution in [2.75, 3.05) is 37.0 Å². The zero-order valence-corrected chi connectivity index (χ0v) is 15.2. The van der Waals surface area contributed by atoms with Crippen molar-refractivity contribution in [3.05, 3.63) is 23.8 Å². The lowest BCUT2D eigenvalue weighted by Crippen LogP contribution is -2.45. The Labute approximate surface area is 152 Å². The van der Waals surface area contributed by atoms with Crippen molar-refractivity contribution in [1.29, 1.82) is 0 Å². The summed E-state index contributed by atoms with van der Waals surface area (Å²) in [7, 11) is 4.17. The van der Waals surface area contributed by atoms with E-state index in [1.54, 1.807) is 6.07 Å². The highest BCUT2D eigenvalue weighted by atomic mass is 16.5. The molecule has 3 heterocycles. The Kier molecular flexibility index (Phi) is 3.68. The molecular weight excluding hydrogens is 336 g/mol. The fourth-order valence-corrected chi connectivity index (χ4v) is 5.03. The molecule has 0 radical (unpaired) electrons. The molecule has 0 unspecified atom stereocenters. The van der Waals surface area contributed by atoms with Gasteiger partial charge in [-0.25, -0.2) is 9.86 Å². The summed E-state index contributed by atoms with van der Waals surface area (Å²) in [6.45, 7) is 3.35. The van der Waals surface area contributed by atoms with Gasteiger partial charge >= 0.3 is 6.09 Å². The number of likely N-dealkylation sites (tertiary alicyclic amines) is 1. The molecule has 0 aromatic heterocycles. The maximum Gasteiger partial charge on any atom is 0.412 e. The van der Waals surface area contributed by atoms with Crippen LogP contribution in [0.1, 0.15) is 25.3 Å². The minimum Gasteiger partial charge on any atom is -0.465 e. The molecule has 0 saturated carbocycles. The van der Waals surface area contributed by atoms with Crippen LogP contribution in [0.25, 0.3) is 0 Å². The molecule has 0 aliphatic carbocycles. The van der Waals surface area contributed by atoms with Crippen LogP contribution >= 0.6 is 0 Å². The summed E-state index contributed by atoms with van der Waals surface area (Å²) < 4.78 is 0. The van der Waals surface area contributed by atoms with Crippen LogP contribution in [-0.4, -0.2) is 71.7 Å². The topological polar surface area (TPSA) is 87.6 Å². The summed E-state index contributed by atoms with van der Waals surface area (Å²) in [5.74, 6) is -0.574. The van der Waals surface area contributed by atoms with E-state index >= 15 is 0 Å². The Morgan fingerprint density at radius 1 is 1.31 bits per heavy atom. The summed E-state index contributed by atoms with van der Waals surface area (Å²) >= 11 is 0. The highest BCUT2D eigenvalue weighted by Gasteiger charge is 2.52. The van der Waals surface area contributed by atoms with Gasteiger partial charge in [0.15, 0.2) is 0 Å². The molecule has 0 spiro atoms. The molecule has 3 aliphatic heterocycles. The maximum atomic E-state index is 12.2. The van der Waals surface area contributed by atoms with Crippen molar-refractivity contribution in [3.8, 4) is 0 Å². The Morgan fingerprint density at radius 3 is 2.65 bits per heavy atom. The molecule has 1 aromatic carbocycles. The third-order valence-electron chi connectivity index (χ3n) is 6.26. The maximum absolute atomic E-state index is 12.2. The van der Waals surface area contributed by atoms with E-state index in [2.05, 4.69) is 30.8 Å². The number of carbonyl (C=O) groups excluding carboxylic acids is 1. The average Bonchev–Trinajstić information content (AvgIpc) is 3.15. The van der Waals surface area contributed by atoms with Gasteiger partial charge in [0, 0.05) is 30.4 Å². The first-order chi connectivity index (χ1) is 12.3. The quantitative estimate of drug-likeness (QED) is 0.778. The second-order valence-corrected chi connectivity index (χ2v) is 7.75. The normalized spacial score (nSPS) is 30.7. The molecule has 8 nitrogen and oxygen atoms in total. The minimum absolute atomic E-state index is 0.0816. The largest absolute Gasteiger partial charge is 0.465 e. The number of anilines is 2.